The average molecular weight is 387 g/mol. The van der Waals surface area contributed by atoms with Crippen LogP contribution in [0.1, 0.15) is 85.5 Å². The van der Waals surface area contributed by atoms with Crippen LogP contribution >= 0.6 is 0 Å². The van der Waals surface area contributed by atoms with E-state index in [0.29, 0.717) is 12.8 Å². The summed E-state index contributed by atoms with van der Waals surface area (Å²) in [5, 5.41) is 11.5. The molecule has 2 atom stereocenters. The molecule has 0 spiro atoms. The molecule has 0 heterocycles. The molecule has 0 aromatic heterocycles. The number of hydrogen-bond acceptors (Lipinski definition) is 2. The van der Waals surface area contributed by atoms with Crippen molar-refractivity contribution in [1.82, 2.24) is 10.6 Å². The van der Waals surface area contributed by atoms with Crippen molar-refractivity contribution < 1.29 is 27.5 Å². The van der Waals surface area contributed by atoms with Crippen LogP contribution in [-0.2, 0) is 27.5 Å². The van der Waals surface area contributed by atoms with Gasteiger partial charge in [0.1, 0.15) is 0 Å². The van der Waals surface area contributed by atoms with Crippen LogP contribution in [0.2, 0.25) is 10.5 Å². The third-order valence-electron chi connectivity index (χ3n) is 5.85. The zero-order valence-electron chi connectivity index (χ0n) is 17.3. The van der Waals surface area contributed by atoms with Crippen molar-refractivity contribution in [2.24, 2.45) is 5.41 Å². The van der Waals surface area contributed by atoms with Crippen molar-refractivity contribution in [1.29, 1.82) is 0 Å². The summed E-state index contributed by atoms with van der Waals surface area (Å²) in [6, 6.07) is 0.193. The van der Waals surface area contributed by atoms with Gasteiger partial charge in [-0.25, -0.2) is 0 Å². The van der Waals surface area contributed by atoms with Gasteiger partial charge in [0.2, 0.25) is 0 Å². The topological polar surface area (TPSA) is 58.2 Å². The van der Waals surface area contributed by atoms with Crippen LogP contribution in [0.4, 0.5) is 0 Å². The van der Waals surface area contributed by atoms with Gasteiger partial charge in [-0.15, -0.1) is 0 Å². The van der Waals surface area contributed by atoms with Gasteiger partial charge in [0.05, 0.1) is 0 Å². The molecule has 0 bridgehead atoms. The monoisotopic (exact) mass is 387 g/mol. The van der Waals surface area contributed by atoms with E-state index in [0.717, 1.165) is 32.1 Å². The molecule has 25 heavy (non-hydrogen) atoms. The van der Waals surface area contributed by atoms with Crippen molar-refractivity contribution in [3.63, 3.8) is 0 Å². The first-order valence-electron chi connectivity index (χ1n) is 10.2. The van der Waals surface area contributed by atoms with E-state index in [1.54, 1.807) is 0 Å². The van der Waals surface area contributed by atoms with E-state index in [-0.39, 0.29) is 27.1 Å². The molecular formula is C20H39N2O2Ti. The molecular weight excluding hydrogens is 348 g/mol. The van der Waals surface area contributed by atoms with E-state index in [1.807, 2.05) is 13.8 Å². The predicted octanol–water partition coefficient (Wildman–Crippen LogP) is 4.59. The van der Waals surface area contributed by atoms with Crippen molar-refractivity contribution in [2.75, 3.05) is 0 Å². The van der Waals surface area contributed by atoms with E-state index >= 15 is 0 Å². The fourth-order valence-electron chi connectivity index (χ4n) is 4.75. The molecule has 4 nitrogen and oxygen atoms in total. The molecule has 0 aliphatic heterocycles. The summed E-state index contributed by atoms with van der Waals surface area (Å²) < 4.78 is -0.0542. The molecule has 0 saturated heterocycles. The Morgan fingerprint density at radius 2 is 1.52 bits per heavy atom. The van der Waals surface area contributed by atoms with Gasteiger partial charge < -0.3 is 0 Å². The van der Waals surface area contributed by atoms with Crippen LogP contribution in [0.25, 0.3) is 0 Å². The molecule has 0 aromatic rings. The summed E-state index contributed by atoms with van der Waals surface area (Å²) in [7, 11) is 0. The van der Waals surface area contributed by atoms with Crippen molar-refractivity contribution in [3.8, 4) is 0 Å². The average Bonchev–Trinajstić information content (AvgIpc) is 2.54. The summed E-state index contributed by atoms with van der Waals surface area (Å²) in [6.45, 7) is 8.35. The van der Waals surface area contributed by atoms with E-state index in [9.17, 15) is 9.59 Å². The molecule has 1 aliphatic rings. The van der Waals surface area contributed by atoms with Crippen LogP contribution in [-0.4, -0.2) is 21.7 Å². The van der Waals surface area contributed by atoms with Gasteiger partial charge in [-0.05, 0) is 0 Å². The fraction of sp³-hybridized carbons (Fsp3) is 0.900. The van der Waals surface area contributed by atoms with Crippen molar-refractivity contribution >= 4 is 11.8 Å². The normalized spacial score (nSPS) is 25.3. The minimum atomic E-state index is -1.47. The molecule has 2 amide bonds. The van der Waals surface area contributed by atoms with Gasteiger partial charge in [0.25, 0.3) is 0 Å². The van der Waals surface area contributed by atoms with E-state index < -0.39 is 17.9 Å². The van der Waals surface area contributed by atoms with Gasteiger partial charge in [-0.3, -0.25) is 0 Å². The van der Waals surface area contributed by atoms with Crippen LogP contribution in [0.3, 0.4) is 0 Å². The number of carbonyl (C=O) groups is 2. The summed E-state index contributed by atoms with van der Waals surface area (Å²) in [5.74, 6) is 0.302. The molecule has 2 unspecified atom stereocenters. The van der Waals surface area contributed by atoms with Gasteiger partial charge in [0, 0.05) is 0 Å². The Hall–Kier alpha value is -0.346. The predicted molar refractivity (Wildman–Crippen MR) is 101 cm³/mol. The number of hydrogen-bond donors (Lipinski definition) is 2. The molecule has 0 radical (unpaired) electrons. The zero-order chi connectivity index (χ0) is 19.1. The van der Waals surface area contributed by atoms with Gasteiger partial charge in [0.15, 0.2) is 0 Å². The number of nitrogens with one attached hydrogen (secondary N) is 2. The number of rotatable bonds is 9. The third kappa shape index (κ3) is 6.10. The Labute approximate surface area is 161 Å². The molecule has 145 valence electrons. The quantitative estimate of drug-likeness (QED) is 0.569. The third-order valence-corrected chi connectivity index (χ3v) is 9.63. The Bertz CT molecular complexity index is 447. The van der Waals surface area contributed by atoms with Gasteiger partial charge in [-0.1, -0.05) is 0 Å². The Morgan fingerprint density at radius 1 is 0.960 bits per heavy atom. The molecule has 5 heteroatoms. The standard InChI is InChI=1S/C18H33N2O2.2CH3.Ti/c1-5-9-18(10-6-2)12-14(19-16(21)7-3)11-15(13-18)20-17(22)8-4;;;/h14H,5-13H2,1-4H3,(H,19,21)(H,20,22);2*1H3;. The van der Waals surface area contributed by atoms with Crippen LogP contribution in [0.15, 0.2) is 0 Å². The molecule has 2 N–H and O–H groups in total. The maximum atomic E-state index is 12.3. The second-order valence-corrected chi connectivity index (χ2v) is 12.8. The van der Waals surface area contributed by atoms with Crippen molar-refractivity contribution in [2.45, 2.75) is 106 Å². The Morgan fingerprint density at radius 3 is 1.96 bits per heavy atom. The first-order valence-corrected chi connectivity index (χ1v) is 14.1. The SMILES string of the molecule is CCCC1(CCC)CC(NC(=O)CC)C[C](NC(=O)CC)([Ti]([CH3])[CH3])C1. The van der Waals surface area contributed by atoms with Gasteiger partial charge in [-0.2, -0.15) is 0 Å². The van der Waals surface area contributed by atoms with Crippen LogP contribution in [0, 0.1) is 5.41 Å². The summed E-state index contributed by atoms with van der Waals surface area (Å²) >= 11 is -1.47. The van der Waals surface area contributed by atoms with E-state index in [1.165, 1.54) is 12.8 Å². The van der Waals surface area contributed by atoms with Crippen LogP contribution < -0.4 is 10.6 Å². The molecule has 1 aliphatic carbocycles. The summed E-state index contributed by atoms with van der Waals surface area (Å²) in [5.41, 5.74) is 0.249. The molecule has 0 aromatic carbocycles. The minimum absolute atomic E-state index is 0.0542. The Kier molecular flexibility index (Phi) is 9.18. The molecule has 1 fully saturated rings. The Balaban J connectivity index is 3.23. The molecule has 1 rings (SSSR count). The summed E-state index contributed by atoms with van der Waals surface area (Å²) in [6.07, 6.45) is 8.86. The van der Waals surface area contributed by atoms with Gasteiger partial charge >= 0.3 is 161 Å². The second kappa shape index (κ2) is 10.1. The number of carbonyl (C=O) groups excluding carboxylic acids is 2. The van der Waals surface area contributed by atoms with Crippen LogP contribution in [0.5, 0.6) is 0 Å². The summed E-state index contributed by atoms with van der Waals surface area (Å²) in [4.78, 5) is 24.4. The first kappa shape index (κ1) is 22.7. The molecule has 1 saturated carbocycles. The fourth-order valence-corrected chi connectivity index (χ4v) is 7.52. The maximum absolute atomic E-state index is 12.3. The van der Waals surface area contributed by atoms with E-state index in [2.05, 4.69) is 34.9 Å². The first-order chi connectivity index (χ1) is 11.8. The van der Waals surface area contributed by atoms with Crippen molar-refractivity contribution in [3.05, 3.63) is 0 Å². The number of amides is 2. The zero-order valence-corrected chi connectivity index (χ0v) is 18.8. The second-order valence-electron chi connectivity index (χ2n) is 8.19. The van der Waals surface area contributed by atoms with E-state index in [4.69, 9.17) is 0 Å².